The summed E-state index contributed by atoms with van der Waals surface area (Å²) >= 11 is 0. The summed E-state index contributed by atoms with van der Waals surface area (Å²) in [5.41, 5.74) is 1.19. The van der Waals surface area contributed by atoms with Crippen LogP contribution in [-0.2, 0) is 0 Å². The summed E-state index contributed by atoms with van der Waals surface area (Å²) in [5.74, 6) is 0.389. The number of rotatable bonds is 5. The predicted octanol–water partition coefficient (Wildman–Crippen LogP) is 2.40. The number of anilines is 2. The molecule has 0 bridgehead atoms. The molecule has 2 fully saturated rings. The molecule has 2 aromatic rings. The molecule has 2 heterocycles. The summed E-state index contributed by atoms with van der Waals surface area (Å²) in [7, 11) is 0. The lowest BCUT2D eigenvalue weighted by Gasteiger charge is -2.35. The summed E-state index contributed by atoms with van der Waals surface area (Å²) in [6.45, 7) is 1.99. The van der Waals surface area contributed by atoms with Gasteiger partial charge in [-0.15, -0.1) is 0 Å². The number of nitrogens with one attached hydrogen (secondary N) is 1. The lowest BCUT2D eigenvalue weighted by atomic mass is 10.1. The number of nitro benzene ring substituents is 1. The van der Waals surface area contributed by atoms with Gasteiger partial charge >= 0.3 is 0 Å². The molecule has 1 saturated carbocycles. The summed E-state index contributed by atoms with van der Waals surface area (Å²) in [4.78, 5) is 31.8. The van der Waals surface area contributed by atoms with E-state index in [2.05, 4.69) is 16.4 Å². The molecule has 9 nitrogen and oxygen atoms in total. The van der Waals surface area contributed by atoms with Crippen molar-refractivity contribution < 1.29 is 9.72 Å². The molecule has 9 heteroatoms. The quantitative estimate of drug-likeness (QED) is 0.613. The Kier molecular flexibility index (Phi) is 4.99. The Bertz CT molecular complexity index is 990. The van der Waals surface area contributed by atoms with E-state index >= 15 is 0 Å². The van der Waals surface area contributed by atoms with Crippen molar-refractivity contribution in [3.8, 4) is 6.07 Å². The van der Waals surface area contributed by atoms with Crippen LogP contribution in [0.2, 0.25) is 0 Å². The first-order chi connectivity index (χ1) is 14.1. The van der Waals surface area contributed by atoms with Gasteiger partial charge in [0.15, 0.2) is 0 Å². The Balaban J connectivity index is 1.46. The summed E-state index contributed by atoms with van der Waals surface area (Å²) in [6, 6.07) is 10.5. The molecule has 1 aromatic heterocycles. The van der Waals surface area contributed by atoms with Crippen molar-refractivity contribution in [3.63, 3.8) is 0 Å². The molecule has 1 aliphatic carbocycles. The zero-order chi connectivity index (χ0) is 20.4. The molecule has 1 N–H and O–H groups in total. The Morgan fingerprint density at radius 1 is 1.24 bits per heavy atom. The maximum atomic E-state index is 12.9. The summed E-state index contributed by atoms with van der Waals surface area (Å²) < 4.78 is 0. The standard InChI is InChI=1S/C20H20N6O3/c21-13-15-2-1-7-22-19(15)24-8-10-25(11-9-24)20(27)14-3-6-17(23-16-4-5-16)18(12-14)26(28)29/h1-3,6-7,12,16,23H,4-5,8-11H2. The maximum Gasteiger partial charge on any atom is 0.293 e. The number of carbonyl (C=O) groups excluding carboxylic acids is 1. The van der Waals surface area contributed by atoms with Crippen LogP contribution in [0.4, 0.5) is 17.2 Å². The molecule has 0 spiro atoms. The number of hydrogen-bond acceptors (Lipinski definition) is 7. The Labute approximate surface area is 167 Å². The van der Waals surface area contributed by atoms with E-state index in [1.165, 1.54) is 6.07 Å². The number of nitro groups is 1. The van der Waals surface area contributed by atoms with E-state index in [0.29, 0.717) is 48.8 Å². The van der Waals surface area contributed by atoms with E-state index in [1.54, 1.807) is 35.4 Å². The number of pyridine rings is 1. The van der Waals surface area contributed by atoms with Crippen molar-refractivity contribution in [1.29, 1.82) is 5.26 Å². The lowest BCUT2D eigenvalue weighted by Crippen LogP contribution is -2.49. The summed E-state index contributed by atoms with van der Waals surface area (Å²) in [6.07, 6.45) is 3.65. The minimum absolute atomic E-state index is 0.0754. The third-order valence-corrected chi connectivity index (χ3v) is 5.15. The van der Waals surface area contributed by atoms with Crippen LogP contribution in [0, 0.1) is 21.4 Å². The highest BCUT2D eigenvalue weighted by molar-refractivity contribution is 5.96. The van der Waals surface area contributed by atoms with Crippen LogP contribution in [0.25, 0.3) is 0 Å². The smallest absolute Gasteiger partial charge is 0.293 e. The number of benzene rings is 1. The second-order valence-electron chi connectivity index (χ2n) is 7.17. The Hall–Kier alpha value is -3.67. The van der Waals surface area contributed by atoms with Crippen LogP contribution in [-0.4, -0.2) is 52.9 Å². The molecule has 148 valence electrons. The SMILES string of the molecule is N#Cc1cccnc1N1CCN(C(=O)c2ccc(NC3CC3)c([N+](=O)[O-])c2)CC1. The monoisotopic (exact) mass is 392 g/mol. The number of nitriles is 1. The first-order valence-electron chi connectivity index (χ1n) is 9.51. The fourth-order valence-electron chi connectivity index (χ4n) is 3.43. The number of nitrogens with zero attached hydrogens (tertiary/aromatic N) is 5. The number of amides is 1. The average Bonchev–Trinajstić information content (AvgIpc) is 3.57. The van der Waals surface area contributed by atoms with Gasteiger partial charge in [-0.05, 0) is 37.1 Å². The molecule has 4 rings (SSSR count). The second kappa shape index (κ2) is 7.75. The minimum atomic E-state index is -0.454. The Morgan fingerprint density at radius 2 is 2.00 bits per heavy atom. The van der Waals surface area contributed by atoms with Crippen molar-refractivity contribution in [3.05, 3.63) is 57.8 Å². The molecular weight excluding hydrogens is 372 g/mol. The number of carbonyl (C=O) groups is 1. The molecule has 1 amide bonds. The molecule has 29 heavy (non-hydrogen) atoms. The number of piperazine rings is 1. The van der Waals surface area contributed by atoms with Gasteiger partial charge in [-0.3, -0.25) is 14.9 Å². The molecule has 2 aliphatic rings. The maximum absolute atomic E-state index is 12.9. The van der Waals surface area contributed by atoms with Crippen molar-refractivity contribution in [2.45, 2.75) is 18.9 Å². The van der Waals surface area contributed by atoms with E-state index in [1.807, 2.05) is 4.90 Å². The topological polar surface area (TPSA) is 115 Å². The van der Waals surface area contributed by atoms with E-state index < -0.39 is 4.92 Å². The van der Waals surface area contributed by atoms with Gasteiger partial charge in [0.25, 0.3) is 11.6 Å². The van der Waals surface area contributed by atoms with E-state index in [9.17, 15) is 20.2 Å². The molecule has 0 atom stereocenters. The van der Waals surface area contributed by atoms with Crippen LogP contribution in [0.15, 0.2) is 36.5 Å². The summed E-state index contributed by atoms with van der Waals surface area (Å²) in [5, 5.41) is 23.8. The highest BCUT2D eigenvalue weighted by atomic mass is 16.6. The van der Waals surface area contributed by atoms with Crippen molar-refractivity contribution >= 4 is 23.1 Å². The highest BCUT2D eigenvalue weighted by Crippen LogP contribution is 2.32. The molecule has 0 radical (unpaired) electrons. The average molecular weight is 392 g/mol. The van der Waals surface area contributed by atoms with Gasteiger partial charge < -0.3 is 15.1 Å². The van der Waals surface area contributed by atoms with Gasteiger partial charge in [0, 0.05) is 50.0 Å². The van der Waals surface area contributed by atoms with Crippen molar-refractivity contribution in [2.75, 3.05) is 36.4 Å². The van der Waals surface area contributed by atoms with E-state index in [4.69, 9.17) is 0 Å². The fourth-order valence-corrected chi connectivity index (χ4v) is 3.43. The van der Waals surface area contributed by atoms with E-state index in [0.717, 1.165) is 12.8 Å². The third kappa shape index (κ3) is 3.96. The predicted molar refractivity (Wildman–Crippen MR) is 107 cm³/mol. The third-order valence-electron chi connectivity index (χ3n) is 5.15. The first-order valence-corrected chi connectivity index (χ1v) is 9.51. The fraction of sp³-hybridized carbons (Fsp3) is 0.350. The molecule has 0 unspecified atom stereocenters. The van der Waals surface area contributed by atoms with Crippen LogP contribution >= 0.6 is 0 Å². The number of aromatic nitrogens is 1. The Morgan fingerprint density at radius 3 is 2.66 bits per heavy atom. The van der Waals surface area contributed by atoms with Gasteiger partial charge in [-0.1, -0.05) is 0 Å². The second-order valence-corrected chi connectivity index (χ2v) is 7.17. The largest absolute Gasteiger partial charge is 0.377 e. The van der Waals surface area contributed by atoms with Crippen molar-refractivity contribution in [1.82, 2.24) is 9.88 Å². The highest BCUT2D eigenvalue weighted by Gasteiger charge is 2.28. The zero-order valence-corrected chi connectivity index (χ0v) is 15.7. The van der Waals surface area contributed by atoms with Gasteiger partial charge in [0.1, 0.15) is 17.6 Å². The lowest BCUT2D eigenvalue weighted by molar-refractivity contribution is -0.384. The first kappa shape index (κ1) is 18.7. The van der Waals surface area contributed by atoms with Crippen molar-refractivity contribution in [2.24, 2.45) is 0 Å². The number of hydrogen-bond donors (Lipinski definition) is 1. The van der Waals surface area contributed by atoms with Crippen LogP contribution in [0.1, 0.15) is 28.8 Å². The minimum Gasteiger partial charge on any atom is -0.377 e. The van der Waals surface area contributed by atoms with Gasteiger partial charge in [-0.2, -0.15) is 5.26 Å². The van der Waals surface area contributed by atoms with Gasteiger partial charge in [0.2, 0.25) is 0 Å². The van der Waals surface area contributed by atoms with E-state index in [-0.39, 0.29) is 17.6 Å². The van der Waals surface area contributed by atoms with Crippen LogP contribution in [0.5, 0.6) is 0 Å². The van der Waals surface area contributed by atoms with Gasteiger partial charge in [0.05, 0.1) is 10.5 Å². The zero-order valence-electron chi connectivity index (χ0n) is 15.7. The molecule has 1 saturated heterocycles. The van der Waals surface area contributed by atoms with Gasteiger partial charge in [-0.25, -0.2) is 4.98 Å². The van der Waals surface area contributed by atoms with Crippen LogP contribution < -0.4 is 10.2 Å². The molecule has 1 aliphatic heterocycles. The normalized spacial score (nSPS) is 16.2. The molecular formula is C20H20N6O3. The molecule has 1 aromatic carbocycles. The van der Waals surface area contributed by atoms with Crippen LogP contribution in [0.3, 0.4) is 0 Å².